The average Bonchev–Trinajstić information content (AvgIpc) is 3.28. The van der Waals surface area contributed by atoms with E-state index < -0.39 is 48.7 Å². The van der Waals surface area contributed by atoms with Crippen LogP contribution in [0.5, 0.6) is 5.75 Å². The van der Waals surface area contributed by atoms with E-state index in [1.807, 2.05) is 72.8 Å². The predicted molar refractivity (Wildman–Crippen MR) is 142 cm³/mol. The third-order valence-corrected chi connectivity index (χ3v) is 7.21. The van der Waals surface area contributed by atoms with Gasteiger partial charge in [0.2, 0.25) is 0 Å². The summed E-state index contributed by atoms with van der Waals surface area (Å²) < 4.78 is 48.7. The summed E-state index contributed by atoms with van der Waals surface area (Å²) in [4.78, 5) is 5.16. The summed E-state index contributed by atoms with van der Waals surface area (Å²) in [5.41, 5.74) is -1.18. The maximum atomic E-state index is 16.5. The van der Waals surface area contributed by atoms with Gasteiger partial charge >= 0.3 is 0 Å². The largest absolute Gasteiger partial charge is 0.497 e. The third kappa shape index (κ3) is 4.83. The van der Waals surface area contributed by atoms with Gasteiger partial charge in [-0.25, -0.2) is 8.78 Å². The molecule has 2 heterocycles. The first kappa shape index (κ1) is 27.0. The number of ether oxygens (including phenoxy) is 3. The topological polar surface area (TPSA) is 83.8 Å². The summed E-state index contributed by atoms with van der Waals surface area (Å²) in [6, 6.07) is 25.8. The van der Waals surface area contributed by atoms with Gasteiger partial charge in [-0.2, -0.15) is 0 Å². The molecule has 39 heavy (non-hydrogen) atoms. The van der Waals surface area contributed by atoms with Gasteiger partial charge < -0.3 is 29.3 Å². The lowest BCUT2D eigenvalue weighted by Gasteiger charge is -2.42. The first-order valence-corrected chi connectivity index (χ1v) is 12.6. The Balaban J connectivity index is 1.68. The molecule has 7 nitrogen and oxygen atoms in total. The van der Waals surface area contributed by atoms with E-state index in [1.54, 1.807) is 19.2 Å². The van der Waals surface area contributed by atoms with Crippen LogP contribution in [0.2, 0.25) is 0 Å². The zero-order chi connectivity index (χ0) is 27.5. The van der Waals surface area contributed by atoms with Gasteiger partial charge in [-0.1, -0.05) is 72.8 Å². The molecule has 0 unspecified atom stereocenters. The van der Waals surface area contributed by atoms with Gasteiger partial charge in [-0.05, 0) is 28.8 Å². The smallest absolute Gasteiger partial charge is 0.174 e. The van der Waals surface area contributed by atoms with Crippen LogP contribution in [0.3, 0.4) is 0 Å². The lowest BCUT2D eigenvalue weighted by Crippen LogP contribution is -2.53. The summed E-state index contributed by atoms with van der Waals surface area (Å²) in [5.74, 6) is -0.0397. The number of nitrogens with zero attached hydrogens (tertiary/aromatic N) is 2. The number of hydrogen-bond donors (Lipinski definition) is 2. The highest BCUT2D eigenvalue weighted by atomic mass is 19.1. The standard InChI is InChI=1S/C30H30F2N2O5/c1-37-25-14-12-23(13-15-25)30(21-8-4-2-5-9-21,22-10-6-3-7-11-22)38-27-26(32)28(39-29(27,18-35)19-36)34-17-24(31)16-33-20-34/h2-17,26-28,35-36H,18-20H2,1H3/t26-,27-,28+/m0/s1. The number of benzene rings is 3. The molecule has 9 heteroatoms. The molecule has 204 valence electrons. The number of aliphatic hydroxyl groups is 2. The summed E-state index contributed by atoms with van der Waals surface area (Å²) in [5, 5.41) is 20.9. The molecule has 0 aromatic heterocycles. The number of halogens is 2. The Morgan fingerprint density at radius 3 is 2.03 bits per heavy atom. The van der Waals surface area contributed by atoms with Crippen LogP contribution in [0, 0.1) is 0 Å². The maximum absolute atomic E-state index is 16.5. The molecule has 3 aromatic rings. The highest BCUT2D eigenvalue weighted by Crippen LogP contribution is 2.47. The van der Waals surface area contributed by atoms with Gasteiger partial charge in [-0.3, -0.25) is 4.99 Å². The van der Waals surface area contributed by atoms with E-state index in [9.17, 15) is 14.6 Å². The fourth-order valence-corrected chi connectivity index (χ4v) is 5.21. The van der Waals surface area contributed by atoms with Crippen molar-refractivity contribution in [3.05, 3.63) is 114 Å². The second-order valence-electron chi connectivity index (χ2n) is 9.50. The number of hydrogen-bond acceptors (Lipinski definition) is 7. The monoisotopic (exact) mass is 536 g/mol. The van der Waals surface area contributed by atoms with E-state index in [0.29, 0.717) is 22.4 Å². The lowest BCUT2D eigenvalue weighted by molar-refractivity contribution is -0.184. The highest BCUT2D eigenvalue weighted by Gasteiger charge is 2.60. The fraction of sp³-hybridized carbons (Fsp3) is 0.300. The van der Waals surface area contributed by atoms with Crippen molar-refractivity contribution >= 4 is 6.21 Å². The molecular formula is C30H30F2N2O5. The minimum Gasteiger partial charge on any atom is -0.497 e. The Hall–Kier alpha value is -3.63. The minimum absolute atomic E-state index is 0.0564. The SMILES string of the molecule is COc1ccc(C(O[C@H]2[C@H](F)[C@H](N3C=C(F)C=NC3)OC2(CO)CO)(c2ccccc2)c2ccccc2)cc1. The maximum Gasteiger partial charge on any atom is 0.174 e. The number of aliphatic imine (C=N–C) groups is 1. The van der Waals surface area contributed by atoms with E-state index in [0.717, 1.165) is 12.4 Å². The molecule has 5 rings (SSSR count). The fourth-order valence-electron chi connectivity index (χ4n) is 5.21. The van der Waals surface area contributed by atoms with Crippen LogP contribution in [0.25, 0.3) is 0 Å². The molecule has 0 saturated carbocycles. The molecule has 3 atom stereocenters. The first-order chi connectivity index (χ1) is 19.0. The van der Waals surface area contributed by atoms with Crippen molar-refractivity contribution in [1.29, 1.82) is 0 Å². The molecule has 1 saturated heterocycles. The van der Waals surface area contributed by atoms with E-state index in [-0.39, 0.29) is 6.67 Å². The van der Waals surface area contributed by atoms with E-state index in [2.05, 4.69) is 4.99 Å². The second kappa shape index (κ2) is 11.2. The van der Waals surface area contributed by atoms with E-state index in [1.165, 1.54) is 4.90 Å². The highest BCUT2D eigenvalue weighted by molar-refractivity contribution is 5.76. The Morgan fingerprint density at radius 2 is 1.51 bits per heavy atom. The van der Waals surface area contributed by atoms with Crippen molar-refractivity contribution in [3.8, 4) is 5.75 Å². The van der Waals surface area contributed by atoms with Gasteiger partial charge in [-0.15, -0.1) is 0 Å². The first-order valence-electron chi connectivity index (χ1n) is 12.6. The molecule has 2 aliphatic heterocycles. The molecule has 0 radical (unpaired) electrons. The van der Waals surface area contributed by atoms with Crippen molar-refractivity contribution in [2.24, 2.45) is 4.99 Å². The van der Waals surface area contributed by atoms with Crippen molar-refractivity contribution in [3.63, 3.8) is 0 Å². The number of allylic oxidation sites excluding steroid dienone is 1. The molecule has 1 fully saturated rings. The Bertz CT molecular complexity index is 1260. The quantitative estimate of drug-likeness (QED) is 0.403. The van der Waals surface area contributed by atoms with Crippen molar-refractivity contribution < 1.29 is 33.2 Å². The van der Waals surface area contributed by atoms with Gasteiger partial charge in [0.1, 0.15) is 29.7 Å². The summed E-state index contributed by atoms with van der Waals surface area (Å²) in [6.07, 6.45) is -2.60. The second-order valence-corrected chi connectivity index (χ2v) is 9.50. The van der Waals surface area contributed by atoms with Crippen molar-refractivity contribution in [1.82, 2.24) is 4.90 Å². The molecule has 2 aliphatic rings. The van der Waals surface area contributed by atoms with Crippen LogP contribution in [0.1, 0.15) is 16.7 Å². The molecule has 0 amide bonds. The molecule has 2 N–H and O–H groups in total. The normalized spacial score (nSPS) is 22.5. The summed E-state index contributed by atoms with van der Waals surface area (Å²) in [7, 11) is 1.57. The van der Waals surface area contributed by atoms with Gasteiger partial charge in [0.15, 0.2) is 18.2 Å². The zero-order valence-electron chi connectivity index (χ0n) is 21.4. The van der Waals surface area contributed by atoms with Crippen LogP contribution in [0.15, 0.2) is 102 Å². The molecule has 0 aliphatic carbocycles. The van der Waals surface area contributed by atoms with Gasteiger partial charge in [0.25, 0.3) is 0 Å². The summed E-state index contributed by atoms with van der Waals surface area (Å²) >= 11 is 0. The van der Waals surface area contributed by atoms with E-state index in [4.69, 9.17) is 14.2 Å². The molecular weight excluding hydrogens is 506 g/mol. The third-order valence-electron chi connectivity index (χ3n) is 7.21. The van der Waals surface area contributed by atoms with Crippen molar-refractivity contribution in [2.75, 3.05) is 27.0 Å². The molecule has 3 aromatic carbocycles. The van der Waals surface area contributed by atoms with Crippen LogP contribution in [0.4, 0.5) is 8.78 Å². The predicted octanol–water partition coefficient (Wildman–Crippen LogP) is 3.94. The minimum atomic E-state index is -1.90. The lowest BCUT2D eigenvalue weighted by atomic mass is 9.79. The number of rotatable bonds is 9. The summed E-state index contributed by atoms with van der Waals surface area (Å²) in [6.45, 7) is -1.54. The Morgan fingerprint density at radius 1 is 0.949 bits per heavy atom. The van der Waals surface area contributed by atoms with Gasteiger partial charge in [0, 0.05) is 6.20 Å². The van der Waals surface area contributed by atoms with Crippen molar-refractivity contribution in [2.45, 2.75) is 29.7 Å². The van der Waals surface area contributed by atoms with Crippen LogP contribution in [-0.4, -0.2) is 72.4 Å². The van der Waals surface area contributed by atoms with Gasteiger partial charge in [0.05, 0.1) is 26.5 Å². The van der Waals surface area contributed by atoms with E-state index >= 15 is 4.39 Å². The zero-order valence-corrected chi connectivity index (χ0v) is 21.4. The molecule has 0 spiro atoms. The average molecular weight is 537 g/mol. The Kier molecular flexibility index (Phi) is 7.76. The molecule has 0 bridgehead atoms. The number of methoxy groups -OCH3 is 1. The van der Waals surface area contributed by atoms with Crippen LogP contribution in [-0.2, 0) is 15.1 Å². The van der Waals surface area contributed by atoms with Crippen LogP contribution >= 0.6 is 0 Å². The number of aliphatic hydroxyl groups excluding tert-OH is 2. The van der Waals surface area contributed by atoms with Crippen LogP contribution < -0.4 is 4.74 Å². The Labute approximate surface area is 225 Å². The number of alkyl halides is 1.